The van der Waals surface area contributed by atoms with E-state index < -0.39 is 0 Å². The highest BCUT2D eigenvalue weighted by atomic mass is 16.5. The predicted molar refractivity (Wildman–Crippen MR) is 129 cm³/mol. The van der Waals surface area contributed by atoms with E-state index in [4.69, 9.17) is 21.3 Å². The number of fused-ring (bicyclic) bond motifs is 1. The van der Waals surface area contributed by atoms with Gasteiger partial charge >= 0.3 is 0 Å². The van der Waals surface area contributed by atoms with Crippen LogP contribution < -0.4 is 27.1 Å². The van der Waals surface area contributed by atoms with Gasteiger partial charge in [0.15, 0.2) is 11.6 Å². The number of nitrogen functional groups attached to an aromatic ring is 2. The molecular weight excluding hydrogens is 420 g/mol. The number of nitrogens with two attached hydrogens (primary N) is 2. The minimum atomic E-state index is -0.210. The smallest absolute Gasteiger partial charge is 0.222 e. The van der Waals surface area contributed by atoms with Crippen LogP contribution in [-0.4, -0.2) is 45.0 Å². The molecule has 3 heterocycles. The third-order valence-electron chi connectivity index (χ3n) is 6.04. The first-order valence-corrected chi connectivity index (χ1v) is 11.0. The van der Waals surface area contributed by atoms with Crippen LogP contribution in [0.4, 0.5) is 17.3 Å². The molecule has 1 aliphatic rings. The van der Waals surface area contributed by atoms with Crippen molar-refractivity contribution in [3.63, 3.8) is 0 Å². The van der Waals surface area contributed by atoms with Crippen molar-refractivity contribution in [2.24, 2.45) is 5.84 Å². The average molecular weight is 451 g/mol. The van der Waals surface area contributed by atoms with Crippen LogP contribution in [0.3, 0.4) is 0 Å². The second-order valence-electron chi connectivity index (χ2n) is 8.34. The van der Waals surface area contributed by atoms with Crippen LogP contribution in [0.1, 0.15) is 44.0 Å². The minimum absolute atomic E-state index is 0.00382. The first-order chi connectivity index (χ1) is 15.9. The Morgan fingerprint density at radius 3 is 2.73 bits per heavy atom. The fraction of sp³-hybridized carbons (Fsp3) is 0.391. The second kappa shape index (κ2) is 9.45. The quantitative estimate of drug-likeness (QED) is 0.329. The first kappa shape index (κ1) is 22.5. The fourth-order valence-electron chi connectivity index (χ4n) is 4.15. The fourth-order valence-corrected chi connectivity index (χ4v) is 4.15. The largest absolute Gasteiger partial charge is 0.474 e. The van der Waals surface area contributed by atoms with Crippen LogP contribution in [-0.2, 0) is 4.79 Å². The molecule has 33 heavy (non-hydrogen) atoms. The third-order valence-corrected chi connectivity index (χ3v) is 6.04. The van der Waals surface area contributed by atoms with Crippen molar-refractivity contribution < 1.29 is 9.53 Å². The number of hydrogen-bond acceptors (Lipinski definition) is 9. The van der Waals surface area contributed by atoms with Crippen molar-refractivity contribution in [1.29, 1.82) is 0 Å². The lowest BCUT2D eigenvalue weighted by atomic mass is 10.0. The standard InChI is InChI=1S/C23H30N8O2/c1-13-5-4-6-16-11-18(14(2)28-22-20(30-25)21(24)26-12-27-22)29-23(19(13)16)33-17-7-9-31(10-8-17)15(3)32/h4-6,11-12,14,17,30H,7-10,25H2,1-3H3,(H3,24,26,27,28). The summed E-state index contributed by atoms with van der Waals surface area (Å²) in [6.45, 7) is 7.03. The summed E-state index contributed by atoms with van der Waals surface area (Å²) in [5.41, 5.74) is 10.8. The molecule has 1 aliphatic heterocycles. The number of aromatic nitrogens is 3. The number of rotatable bonds is 6. The number of ether oxygens (including phenoxy) is 1. The van der Waals surface area contributed by atoms with Crippen LogP contribution in [0, 0.1) is 6.92 Å². The Balaban J connectivity index is 1.64. The van der Waals surface area contributed by atoms with Gasteiger partial charge in [0.05, 0.1) is 11.7 Å². The number of aryl methyl sites for hydroxylation is 1. The number of hydrazine groups is 1. The van der Waals surface area contributed by atoms with Crippen molar-refractivity contribution in [3.8, 4) is 5.88 Å². The Hall–Kier alpha value is -3.66. The average Bonchev–Trinajstić information content (AvgIpc) is 2.79. The van der Waals surface area contributed by atoms with Crippen molar-refractivity contribution >= 4 is 34.0 Å². The molecule has 0 spiro atoms. The molecule has 10 nitrogen and oxygen atoms in total. The van der Waals surface area contributed by atoms with Gasteiger partial charge in [-0.25, -0.2) is 15.0 Å². The number of nitrogens with zero attached hydrogens (tertiary/aromatic N) is 4. The summed E-state index contributed by atoms with van der Waals surface area (Å²) in [6.07, 6.45) is 2.94. The second-order valence-corrected chi connectivity index (χ2v) is 8.34. The topological polar surface area (TPSA) is 144 Å². The Morgan fingerprint density at radius 2 is 2.03 bits per heavy atom. The zero-order chi connectivity index (χ0) is 23.5. The lowest BCUT2D eigenvalue weighted by molar-refractivity contribution is -0.130. The molecule has 4 rings (SSSR count). The molecule has 1 saturated heterocycles. The number of amides is 1. The number of carbonyl (C=O) groups is 1. The van der Waals surface area contributed by atoms with E-state index in [9.17, 15) is 4.79 Å². The summed E-state index contributed by atoms with van der Waals surface area (Å²) in [6, 6.07) is 7.97. The molecule has 6 N–H and O–H groups in total. The van der Waals surface area contributed by atoms with Gasteiger partial charge < -0.3 is 26.1 Å². The van der Waals surface area contributed by atoms with E-state index in [-0.39, 0.29) is 23.9 Å². The molecule has 1 aromatic carbocycles. The van der Waals surface area contributed by atoms with Crippen LogP contribution in [0.25, 0.3) is 10.8 Å². The molecular formula is C23H30N8O2. The maximum Gasteiger partial charge on any atom is 0.222 e. The minimum Gasteiger partial charge on any atom is -0.474 e. The predicted octanol–water partition coefficient (Wildman–Crippen LogP) is 2.76. The number of nitrogens with one attached hydrogen (secondary N) is 2. The van der Waals surface area contributed by atoms with E-state index in [0.717, 1.165) is 34.9 Å². The van der Waals surface area contributed by atoms with E-state index in [0.29, 0.717) is 30.5 Å². The van der Waals surface area contributed by atoms with Gasteiger partial charge in [0.1, 0.15) is 18.1 Å². The van der Waals surface area contributed by atoms with Crippen molar-refractivity contribution in [2.45, 2.75) is 45.8 Å². The van der Waals surface area contributed by atoms with E-state index in [1.54, 1.807) is 6.92 Å². The molecule has 3 aromatic rings. The van der Waals surface area contributed by atoms with Gasteiger partial charge in [-0.1, -0.05) is 18.2 Å². The molecule has 1 fully saturated rings. The summed E-state index contributed by atoms with van der Waals surface area (Å²) in [5, 5.41) is 5.35. The zero-order valence-corrected chi connectivity index (χ0v) is 19.1. The number of benzene rings is 1. The normalized spacial score (nSPS) is 15.3. The molecule has 0 saturated carbocycles. The summed E-state index contributed by atoms with van der Waals surface area (Å²) < 4.78 is 6.43. The molecule has 1 unspecified atom stereocenters. The van der Waals surface area contributed by atoms with Gasteiger partial charge in [-0.15, -0.1) is 0 Å². The summed E-state index contributed by atoms with van der Waals surface area (Å²) in [4.78, 5) is 26.6. The van der Waals surface area contributed by atoms with E-state index >= 15 is 0 Å². The van der Waals surface area contributed by atoms with Crippen molar-refractivity contribution in [3.05, 3.63) is 41.9 Å². The van der Waals surface area contributed by atoms with E-state index in [2.05, 4.69) is 39.8 Å². The molecule has 1 atom stereocenters. The number of carbonyl (C=O) groups excluding carboxylic acids is 1. The number of piperidine rings is 1. The van der Waals surface area contributed by atoms with E-state index in [1.165, 1.54) is 6.33 Å². The molecule has 1 amide bonds. The maximum absolute atomic E-state index is 11.7. The van der Waals surface area contributed by atoms with Crippen LogP contribution in [0.2, 0.25) is 0 Å². The van der Waals surface area contributed by atoms with Gasteiger partial charge in [-0.05, 0) is 30.9 Å². The number of likely N-dealkylation sites (tertiary alicyclic amines) is 1. The molecule has 174 valence electrons. The maximum atomic E-state index is 11.7. The summed E-state index contributed by atoms with van der Waals surface area (Å²) in [5.74, 6) is 7.06. The van der Waals surface area contributed by atoms with Crippen molar-refractivity contribution in [1.82, 2.24) is 19.9 Å². The van der Waals surface area contributed by atoms with Gasteiger partial charge in [-0.2, -0.15) is 0 Å². The third kappa shape index (κ3) is 4.75. The number of hydrogen-bond donors (Lipinski definition) is 4. The Morgan fingerprint density at radius 1 is 1.27 bits per heavy atom. The molecule has 0 aliphatic carbocycles. The van der Waals surface area contributed by atoms with E-state index in [1.807, 2.05) is 24.0 Å². The van der Waals surface area contributed by atoms with Crippen LogP contribution in [0.5, 0.6) is 5.88 Å². The number of anilines is 3. The Bertz CT molecular complexity index is 1160. The van der Waals surface area contributed by atoms with Crippen LogP contribution in [0.15, 0.2) is 30.6 Å². The monoisotopic (exact) mass is 450 g/mol. The van der Waals surface area contributed by atoms with Crippen molar-refractivity contribution in [2.75, 3.05) is 29.6 Å². The molecule has 0 bridgehead atoms. The van der Waals surface area contributed by atoms with Gasteiger partial charge in [0.2, 0.25) is 11.8 Å². The highest BCUT2D eigenvalue weighted by molar-refractivity contribution is 5.90. The molecule has 10 heteroatoms. The number of pyridine rings is 1. The van der Waals surface area contributed by atoms with Gasteiger partial charge in [-0.3, -0.25) is 10.6 Å². The van der Waals surface area contributed by atoms with Gasteiger partial charge in [0, 0.05) is 38.2 Å². The molecule has 2 aromatic heterocycles. The highest BCUT2D eigenvalue weighted by Crippen LogP contribution is 2.33. The van der Waals surface area contributed by atoms with Gasteiger partial charge in [0.25, 0.3) is 0 Å². The Kier molecular flexibility index (Phi) is 6.45. The van der Waals surface area contributed by atoms with Crippen LogP contribution >= 0.6 is 0 Å². The summed E-state index contributed by atoms with van der Waals surface area (Å²) in [7, 11) is 0. The highest BCUT2D eigenvalue weighted by Gasteiger charge is 2.24. The zero-order valence-electron chi connectivity index (χ0n) is 19.1. The lowest BCUT2D eigenvalue weighted by Gasteiger charge is -2.31. The first-order valence-electron chi connectivity index (χ1n) is 11.0. The Labute approximate surface area is 192 Å². The SMILES string of the molecule is CC(=O)N1CCC(Oc2nc(C(C)Nc3ncnc(N)c3NN)cc3cccc(C)c23)CC1. The summed E-state index contributed by atoms with van der Waals surface area (Å²) >= 11 is 0. The lowest BCUT2D eigenvalue weighted by Crippen LogP contribution is -2.40. The molecule has 0 radical (unpaired) electrons.